The molecular weight excluding hydrogens is 1020 g/mol. The van der Waals surface area contributed by atoms with Gasteiger partial charge in [-0.15, -0.1) is 0 Å². The molecule has 5 atom stereocenters. The van der Waals surface area contributed by atoms with Crippen LogP contribution in [0, 0.1) is 22.0 Å². The van der Waals surface area contributed by atoms with Crippen molar-refractivity contribution >= 4 is 58.9 Å². The van der Waals surface area contributed by atoms with E-state index in [1.54, 1.807) is 48.5 Å². The van der Waals surface area contributed by atoms with E-state index in [2.05, 4.69) is 31.9 Å². The van der Waals surface area contributed by atoms with Crippen LogP contribution in [0.5, 0.6) is 11.5 Å². The number of hydrogen-bond acceptors (Lipinski definition) is 13. The Morgan fingerprint density at radius 3 is 1.85 bits per heavy atom. The highest BCUT2D eigenvalue weighted by molar-refractivity contribution is 5.99. The summed E-state index contributed by atoms with van der Waals surface area (Å²) in [5, 5.41) is 27.6. The lowest BCUT2D eigenvalue weighted by Crippen LogP contribution is -2.58. The number of hydrogen-bond donors (Lipinski definition) is 6. The van der Waals surface area contributed by atoms with Crippen molar-refractivity contribution in [2.45, 2.75) is 143 Å². The number of non-ortho nitro benzene ring substituents is 1. The van der Waals surface area contributed by atoms with Gasteiger partial charge in [-0.3, -0.25) is 43.7 Å². The molecule has 0 saturated carbocycles. The molecule has 0 radical (unpaired) electrons. The third-order valence-electron chi connectivity index (χ3n) is 12.5. The van der Waals surface area contributed by atoms with Gasteiger partial charge in [0.15, 0.2) is 0 Å². The number of anilines is 1. The van der Waals surface area contributed by atoms with Crippen LogP contribution in [0.15, 0.2) is 103 Å². The number of benzene rings is 4. The van der Waals surface area contributed by atoms with Gasteiger partial charge >= 0.3 is 6.16 Å². The van der Waals surface area contributed by atoms with Crippen molar-refractivity contribution in [1.82, 2.24) is 31.5 Å². The van der Waals surface area contributed by atoms with E-state index in [1.807, 2.05) is 78.8 Å². The number of carbonyl (C=O) groups is 8. The maximum Gasteiger partial charge on any atom is 0.514 e. The van der Waals surface area contributed by atoms with Gasteiger partial charge in [-0.25, -0.2) is 4.79 Å². The van der Waals surface area contributed by atoms with Crippen molar-refractivity contribution in [1.29, 1.82) is 0 Å². The van der Waals surface area contributed by atoms with E-state index in [4.69, 9.17) is 14.2 Å². The van der Waals surface area contributed by atoms with Crippen LogP contribution < -0.4 is 41.4 Å². The van der Waals surface area contributed by atoms with Crippen molar-refractivity contribution in [2.75, 3.05) is 18.4 Å². The lowest BCUT2D eigenvalue weighted by molar-refractivity contribution is -0.384. The Kier molecular flexibility index (Phi) is 22.9. The third-order valence-corrected chi connectivity index (χ3v) is 12.5. The van der Waals surface area contributed by atoms with Crippen LogP contribution in [0.25, 0.3) is 0 Å². The Bertz CT molecular complexity index is 2730. The minimum absolute atomic E-state index is 0.0224. The minimum atomic E-state index is -1.27. The molecule has 7 amide bonds. The Morgan fingerprint density at radius 2 is 1.25 bits per heavy atom. The summed E-state index contributed by atoms with van der Waals surface area (Å²) in [6, 6.07) is 22.3. The maximum atomic E-state index is 14.6. The number of nitro groups is 1. The fraction of sp³-hybridized carbons (Fsp3) is 0.448. The molecule has 0 unspecified atom stereocenters. The largest absolute Gasteiger partial charge is 0.514 e. The lowest BCUT2D eigenvalue weighted by atomic mass is 10.00. The second kappa shape index (κ2) is 29.4. The molecule has 1 saturated heterocycles. The highest BCUT2D eigenvalue weighted by atomic mass is 16.7. The minimum Gasteiger partial charge on any atom is -0.488 e. The molecule has 0 aliphatic carbocycles. The molecule has 5 rings (SSSR count). The number of nitro benzene ring substituents is 1. The average Bonchev–Trinajstić information content (AvgIpc) is 3.92. The van der Waals surface area contributed by atoms with Gasteiger partial charge in [-0.2, -0.15) is 0 Å². The molecule has 1 aliphatic rings. The van der Waals surface area contributed by atoms with Gasteiger partial charge in [0.1, 0.15) is 53.9 Å². The Hall–Kier alpha value is -8.36. The molecule has 1 heterocycles. The maximum absolute atomic E-state index is 14.6. The summed E-state index contributed by atoms with van der Waals surface area (Å²) in [6.45, 7) is 14.4. The summed E-state index contributed by atoms with van der Waals surface area (Å²) >= 11 is 0. The van der Waals surface area contributed by atoms with E-state index in [1.165, 1.54) is 36.1 Å². The number of carbonyl (C=O) groups excluding carboxylic acids is 8. The fourth-order valence-electron chi connectivity index (χ4n) is 8.70. The lowest BCUT2D eigenvalue weighted by Gasteiger charge is -2.27. The van der Waals surface area contributed by atoms with E-state index in [9.17, 15) is 48.5 Å². The van der Waals surface area contributed by atoms with Crippen LogP contribution in [0.4, 0.5) is 16.2 Å². The molecule has 21 heteroatoms. The standard InChI is InChI=1S/C58H74N8O13/c1-36(2)31-47(64-56(73)50-15-12-30-65(50)38(5)67)52(69)59-34-51(68)61-46(29-20-39-13-10-9-11-14-39)53(70)63-49(33-40-18-25-45(26-19-40)79-58(6,7)8)55(72)62-48(32-37(3)4)54(71)60-42-21-16-41(17-22-42)35-77-57(74)78-44-27-23-43(24-28-44)66(75)76/h9-11,13-14,16-19,21-28,36-37,46-50H,12,15,20,29-35H2,1-8H3,(H,59,69)(H,60,71)(H,61,68)(H,62,72)(H,63,70)(H,64,73)/t46-,47-,48-,49-,50-/m0/s1. The number of aryl methyl sites for hydroxylation is 1. The number of likely N-dealkylation sites (tertiary alicyclic amines) is 1. The summed E-state index contributed by atoms with van der Waals surface area (Å²) in [5.74, 6) is -3.41. The first-order valence-electron chi connectivity index (χ1n) is 26.5. The van der Waals surface area contributed by atoms with E-state index in [-0.39, 0.29) is 61.5 Å². The van der Waals surface area contributed by atoms with Gasteiger partial charge in [-0.1, -0.05) is 82.3 Å². The highest BCUT2D eigenvalue weighted by Gasteiger charge is 2.35. The number of nitrogens with one attached hydrogen (secondary N) is 6. The normalized spacial score (nSPS) is 14.7. The van der Waals surface area contributed by atoms with E-state index < -0.39 is 88.9 Å². The molecule has 1 aliphatic heterocycles. The summed E-state index contributed by atoms with van der Waals surface area (Å²) in [7, 11) is 0. The van der Waals surface area contributed by atoms with Crippen LogP contribution in [0.3, 0.4) is 0 Å². The molecule has 0 bridgehead atoms. The van der Waals surface area contributed by atoms with Crippen LogP contribution >= 0.6 is 0 Å². The van der Waals surface area contributed by atoms with Crippen LogP contribution in [-0.2, 0) is 57.7 Å². The topological polar surface area (TPSA) is 283 Å². The SMILES string of the molecule is CC(=O)N1CCC[C@H]1C(=O)N[C@@H](CC(C)C)C(=O)NCC(=O)N[C@@H](CCc1ccccc1)C(=O)N[C@@H](Cc1ccc(OC(C)(C)C)cc1)C(=O)N[C@@H](CC(C)C)C(=O)Nc1ccc(COC(=O)Oc2ccc([N+](=O)[O-])cc2)cc1. The smallest absolute Gasteiger partial charge is 0.488 e. The van der Waals surface area contributed by atoms with Gasteiger partial charge in [0, 0.05) is 37.7 Å². The van der Waals surface area contributed by atoms with Gasteiger partial charge < -0.3 is 51.0 Å². The summed E-state index contributed by atoms with van der Waals surface area (Å²) in [5.41, 5.74) is 1.78. The summed E-state index contributed by atoms with van der Waals surface area (Å²) in [6.07, 6.45) is 0.951. The second-order valence-electron chi connectivity index (χ2n) is 21.3. The summed E-state index contributed by atoms with van der Waals surface area (Å²) < 4.78 is 16.3. The predicted molar refractivity (Wildman–Crippen MR) is 294 cm³/mol. The molecule has 4 aromatic carbocycles. The molecule has 4 aromatic rings. The first kappa shape index (κ1) is 61.5. The van der Waals surface area contributed by atoms with Crippen molar-refractivity contribution in [3.05, 3.63) is 130 Å². The van der Waals surface area contributed by atoms with Crippen molar-refractivity contribution in [2.24, 2.45) is 11.8 Å². The van der Waals surface area contributed by atoms with Gasteiger partial charge in [0.2, 0.25) is 41.4 Å². The first-order valence-corrected chi connectivity index (χ1v) is 26.5. The fourth-order valence-corrected chi connectivity index (χ4v) is 8.70. The van der Waals surface area contributed by atoms with Crippen molar-refractivity contribution in [3.63, 3.8) is 0 Å². The van der Waals surface area contributed by atoms with Crippen LogP contribution in [0.1, 0.15) is 104 Å². The zero-order valence-electron chi connectivity index (χ0n) is 46.1. The predicted octanol–water partition coefficient (Wildman–Crippen LogP) is 6.46. The van der Waals surface area contributed by atoms with Crippen molar-refractivity contribution in [3.8, 4) is 11.5 Å². The second-order valence-corrected chi connectivity index (χ2v) is 21.3. The van der Waals surface area contributed by atoms with Crippen LogP contribution in [0.2, 0.25) is 0 Å². The quantitative estimate of drug-likeness (QED) is 0.0171. The van der Waals surface area contributed by atoms with Gasteiger partial charge in [-0.05, 0) is 124 Å². The molecule has 0 spiro atoms. The van der Waals surface area contributed by atoms with Crippen LogP contribution in [-0.4, -0.2) is 106 Å². The molecule has 21 nitrogen and oxygen atoms in total. The third kappa shape index (κ3) is 20.8. The molecule has 424 valence electrons. The Balaban J connectivity index is 1.30. The number of nitrogens with zero attached hydrogens (tertiary/aromatic N) is 2. The summed E-state index contributed by atoms with van der Waals surface area (Å²) in [4.78, 5) is 120. The van der Waals surface area contributed by atoms with E-state index in [0.29, 0.717) is 48.4 Å². The molecular formula is C58H74N8O13. The zero-order chi connectivity index (χ0) is 57.8. The van der Waals surface area contributed by atoms with E-state index in [0.717, 1.165) is 5.56 Å². The first-order chi connectivity index (χ1) is 37.4. The van der Waals surface area contributed by atoms with Gasteiger partial charge in [0.05, 0.1) is 11.5 Å². The Labute approximate surface area is 460 Å². The number of amides is 7. The average molecular weight is 1090 g/mol. The Morgan fingerprint density at radius 1 is 0.671 bits per heavy atom. The zero-order valence-corrected chi connectivity index (χ0v) is 46.1. The van der Waals surface area contributed by atoms with Gasteiger partial charge in [0.25, 0.3) is 5.69 Å². The molecule has 6 N–H and O–H groups in total. The molecule has 1 fully saturated rings. The monoisotopic (exact) mass is 1090 g/mol. The van der Waals surface area contributed by atoms with Crippen molar-refractivity contribution < 1.29 is 57.5 Å². The van der Waals surface area contributed by atoms with E-state index >= 15 is 0 Å². The number of ether oxygens (including phenoxy) is 3. The number of rotatable bonds is 26. The molecule has 0 aromatic heterocycles. The highest BCUT2D eigenvalue weighted by Crippen LogP contribution is 2.22. The molecule has 79 heavy (non-hydrogen) atoms.